The molecule has 1 aromatic carbocycles. The number of ether oxygens (including phenoxy) is 1. The van der Waals surface area contributed by atoms with Crippen LogP contribution in [0.5, 0.6) is 5.88 Å². The second kappa shape index (κ2) is 7.42. The van der Waals surface area contributed by atoms with E-state index < -0.39 is 45.1 Å². The first kappa shape index (κ1) is 20.7. The number of nitrogens with zero attached hydrogens (tertiary/aromatic N) is 4. The topological polar surface area (TPSA) is 98.5 Å². The van der Waals surface area contributed by atoms with Gasteiger partial charge in [0.25, 0.3) is 21.0 Å². The van der Waals surface area contributed by atoms with E-state index in [4.69, 9.17) is 4.74 Å². The van der Waals surface area contributed by atoms with Crippen molar-refractivity contribution in [3.63, 3.8) is 0 Å². The molecule has 3 aromatic rings. The van der Waals surface area contributed by atoms with Gasteiger partial charge in [-0.1, -0.05) is 6.07 Å². The number of hydrogen-bond acceptors (Lipinski definition) is 6. The first-order chi connectivity index (χ1) is 13.6. The summed E-state index contributed by atoms with van der Waals surface area (Å²) < 4.78 is 98.8. The third-order valence-electron chi connectivity index (χ3n) is 3.54. The van der Waals surface area contributed by atoms with E-state index in [0.29, 0.717) is 12.1 Å². The van der Waals surface area contributed by atoms with E-state index in [0.717, 1.165) is 16.6 Å². The van der Waals surface area contributed by atoms with Crippen molar-refractivity contribution in [2.75, 3.05) is 11.3 Å². The number of anilines is 1. The number of aromatic nitrogens is 4. The van der Waals surface area contributed by atoms with Crippen LogP contribution in [0.4, 0.5) is 27.6 Å². The zero-order valence-electron chi connectivity index (χ0n) is 14.5. The molecule has 0 unspecified atom stereocenters. The highest BCUT2D eigenvalue weighted by atomic mass is 32.2. The van der Waals surface area contributed by atoms with Crippen LogP contribution in [-0.4, -0.2) is 34.6 Å². The SMILES string of the molecule is CCOc1cc(CF)nc2nc(S(=O)(=O)Nc3c(F)cccc3C(F)(F)F)nn12. The number of alkyl halides is 4. The zero-order valence-corrected chi connectivity index (χ0v) is 15.4. The molecule has 0 bridgehead atoms. The van der Waals surface area contributed by atoms with Crippen LogP contribution in [-0.2, 0) is 22.9 Å². The van der Waals surface area contributed by atoms with Gasteiger partial charge in [-0.2, -0.15) is 31.1 Å². The molecule has 2 heterocycles. The molecule has 0 aliphatic heterocycles. The lowest BCUT2D eigenvalue weighted by molar-refractivity contribution is -0.137. The molecule has 8 nitrogen and oxygen atoms in total. The summed E-state index contributed by atoms with van der Waals surface area (Å²) in [6.07, 6.45) is -5.02. The molecule has 0 aliphatic rings. The van der Waals surface area contributed by atoms with Gasteiger partial charge in [0.1, 0.15) is 12.5 Å². The Morgan fingerprint density at radius 1 is 1.24 bits per heavy atom. The monoisotopic (exact) mass is 437 g/mol. The molecule has 0 atom stereocenters. The van der Waals surface area contributed by atoms with Gasteiger partial charge in [-0.3, -0.25) is 4.72 Å². The van der Waals surface area contributed by atoms with Crippen molar-refractivity contribution in [1.29, 1.82) is 0 Å². The Morgan fingerprint density at radius 2 is 1.97 bits per heavy atom. The van der Waals surface area contributed by atoms with Crippen molar-refractivity contribution in [2.45, 2.75) is 24.9 Å². The number of hydrogen-bond donors (Lipinski definition) is 1. The van der Waals surface area contributed by atoms with Gasteiger partial charge >= 0.3 is 6.18 Å². The lowest BCUT2D eigenvalue weighted by Crippen LogP contribution is -2.19. The van der Waals surface area contributed by atoms with E-state index >= 15 is 0 Å². The summed E-state index contributed by atoms with van der Waals surface area (Å²) in [7, 11) is -4.85. The number of sulfonamides is 1. The van der Waals surface area contributed by atoms with Crippen molar-refractivity contribution in [1.82, 2.24) is 19.6 Å². The van der Waals surface area contributed by atoms with Crippen LogP contribution in [0.15, 0.2) is 29.4 Å². The molecule has 1 N–H and O–H groups in total. The van der Waals surface area contributed by atoms with Crippen molar-refractivity contribution >= 4 is 21.5 Å². The van der Waals surface area contributed by atoms with Gasteiger partial charge in [-0.15, -0.1) is 5.10 Å². The molecule has 0 aliphatic carbocycles. The number of rotatable bonds is 6. The fourth-order valence-electron chi connectivity index (χ4n) is 2.35. The van der Waals surface area contributed by atoms with Crippen LogP contribution in [0, 0.1) is 5.82 Å². The Hall–Kier alpha value is -3.03. The minimum absolute atomic E-state index is 0.0824. The molecule has 0 spiro atoms. The van der Waals surface area contributed by atoms with E-state index in [2.05, 4.69) is 15.1 Å². The summed E-state index contributed by atoms with van der Waals surface area (Å²) in [6, 6.07) is 3.12. The summed E-state index contributed by atoms with van der Waals surface area (Å²) in [5.74, 6) is -1.89. The highest BCUT2D eigenvalue weighted by molar-refractivity contribution is 7.92. The van der Waals surface area contributed by atoms with Crippen molar-refractivity contribution < 1.29 is 35.1 Å². The molecule has 3 rings (SSSR count). The van der Waals surface area contributed by atoms with Crippen LogP contribution in [0.3, 0.4) is 0 Å². The minimum Gasteiger partial charge on any atom is -0.478 e. The third-order valence-corrected chi connectivity index (χ3v) is 4.66. The smallest absolute Gasteiger partial charge is 0.418 e. The molecule has 0 radical (unpaired) electrons. The molecule has 0 saturated heterocycles. The fraction of sp³-hybridized carbons (Fsp3) is 0.267. The molecular weight excluding hydrogens is 425 g/mol. The molecule has 14 heteroatoms. The Bertz CT molecular complexity index is 1160. The maximum absolute atomic E-state index is 13.9. The minimum atomic E-state index is -5.02. The summed E-state index contributed by atoms with van der Waals surface area (Å²) in [5, 5.41) is 2.64. The van der Waals surface area contributed by atoms with Gasteiger partial charge < -0.3 is 4.74 Å². The first-order valence-electron chi connectivity index (χ1n) is 7.90. The predicted octanol–water partition coefficient (Wildman–Crippen LogP) is 2.95. The molecule has 0 amide bonds. The van der Waals surface area contributed by atoms with E-state index in [1.54, 1.807) is 6.92 Å². The first-order valence-corrected chi connectivity index (χ1v) is 9.39. The van der Waals surface area contributed by atoms with Crippen LogP contribution in [0.2, 0.25) is 0 Å². The highest BCUT2D eigenvalue weighted by Crippen LogP contribution is 2.37. The maximum Gasteiger partial charge on any atom is 0.418 e. The number of para-hydroxylation sites is 1. The number of nitrogens with one attached hydrogen (secondary N) is 1. The quantitative estimate of drug-likeness (QED) is 0.596. The van der Waals surface area contributed by atoms with E-state index in [9.17, 15) is 30.4 Å². The highest BCUT2D eigenvalue weighted by Gasteiger charge is 2.36. The van der Waals surface area contributed by atoms with Gasteiger partial charge in [0.05, 0.1) is 23.6 Å². The lowest BCUT2D eigenvalue weighted by atomic mass is 10.1. The van der Waals surface area contributed by atoms with E-state index in [-0.39, 0.29) is 24.0 Å². The molecule has 2 aromatic heterocycles. The summed E-state index contributed by atoms with van der Waals surface area (Å²) in [6.45, 7) is 0.720. The fourth-order valence-corrected chi connectivity index (χ4v) is 3.31. The lowest BCUT2D eigenvalue weighted by Gasteiger charge is -2.14. The Balaban J connectivity index is 2.10. The van der Waals surface area contributed by atoms with Gasteiger partial charge in [0.2, 0.25) is 5.88 Å². The summed E-state index contributed by atoms with van der Waals surface area (Å²) >= 11 is 0. The Kier molecular flexibility index (Phi) is 5.30. The van der Waals surface area contributed by atoms with Crippen LogP contribution >= 0.6 is 0 Å². The average molecular weight is 437 g/mol. The summed E-state index contributed by atoms with van der Waals surface area (Å²) in [4.78, 5) is 7.33. The number of halogens is 5. The molecule has 0 fully saturated rings. The third kappa shape index (κ3) is 4.06. The molecule has 156 valence electrons. The Labute approximate surface area is 160 Å². The van der Waals surface area contributed by atoms with E-state index in [1.165, 1.54) is 4.72 Å². The molecular formula is C15H12F5N5O3S. The van der Waals surface area contributed by atoms with Crippen LogP contribution in [0.1, 0.15) is 18.2 Å². The average Bonchev–Trinajstić information content (AvgIpc) is 3.08. The van der Waals surface area contributed by atoms with Crippen LogP contribution < -0.4 is 9.46 Å². The van der Waals surface area contributed by atoms with Crippen molar-refractivity contribution in [2.24, 2.45) is 0 Å². The maximum atomic E-state index is 13.9. The number of fused-ring (bicyclic) bond motifs is 1. The van der Waals surface area contributed by atoms with E-state index in [1.807, 2.05) is 0 Å². The Morgan fingerprint density at radius 3 is 2.59 bits per heavy atom. The second-order valence-electron chi connectivity index (χ2n) is 5.52. The zero-order chi connectivity index (χ0) is 21.4. The molecule has 29 heavy (non-hydrogen) atoms. The van der Waals surface area contributed by atoms with Gasteiger partial charge in [0, 0.05) is 6.07 Å². The van der Waals surface area contributed by atoms with Crippen molar-refractivity contribution in [3.8, 4) is 5.88 Å². The largest absolute Gasteiger partial charge is 0.478 e. The summed E-state index contributed by atoms with van der Waals surface area (Å²) in [5.41, 5.74) is -2.96. The van der Waals surface area contributed by atoms with Crippen molar-refractivity contribution in [3.05, 3.63) is 41.3 Å². The van der Waals surface area contributed by atoms with Gasteiger partial charge in [-0.05, 0) is 19.1 Å². The number of benzene rings is 1. The van der Waals surface area contributed by atoms with Gasteiger partial charge in [0.15, 0.2) is 0 Å². The van der Waals surface area contributed by atoms with Crippen LogP contribution in [0.25, 0.3) is 5.78 Å². The molecule has 0 saturated carbocycles. The van der Waals surface area contributed by atoms with Gasteiger partial charge in [-0.25, -0.2) is 13.8 Å². The second-order valence-corrected chi connectivity index (χ2v) is 7.10. The normalized spacial score (nSPS) is 12.3. The standard InChI is InChI=1S/C15H12F5N5O3S/c1-2-28-11-6-8(7-16)21-13-22-14(23-25(11)13)29(26,27)24-12-9(15(18,19)20)4-3-5-10(12)17/h3-6,24H,2,7H2,1H3. The predicted molar refractivity (Wildman–Crippen MR) is 89.0 cm³/mol.